The Balaban J connectivity index is 2.48. The van der Waals surface area contributed by atoms with Crippen LogP contribution >= 0.6 is 15.9 Å². The Kier molecular flexibility index (Phi) is 2.73. The Morgan fingerprint density at radius 1 is 1.53 bits per heavy atom. The topological polar surface area (TPSA) is 52.3 Å². The fourth-order valence-corrected chi connectivity index (χ4v) is 1.82. The molecule has 2 aromatic rings. The van der Waals surface area contributed by atoms with E-state index in [9.17, 15) is 4.79 Å². The third-order valence-corrected chi connectivity index (χ3v) is 2.86. The lowest BCUT2D eigenvalue weighted by Crippen LogP contribution is -2.08. The fourth-order valence-electron chi connectivity index (χ4n) is 1.30. The maximum absolute atomic E-state index is 11.3. The molecule has 0 saturated carbocycles. The second-order valence-corrected chi connectivity index (χ2v) is 3.87. The number of aromatic nitrogens is 1. The van der Waals surface area contributed by atoms with E-state index in [4.69, 9.17) is 4.52 Å². The van der Waals surface area contributed by atoms with Crippen LogP contribution in [0.25, 0.3) is 11.0 Å². The Hall–Kier alpha value is -1.36. The van der Waals surface area contributed by atoms with Gasteiger partial charge in [0.1, 0.15) is 5.69 Å². The number of halogens is 1. The molecule has 2 rings (SSSR count). The van der Waals surface area contributed by atoms with E-state index in [0.29, 0.717) is 11.3 Å². The summed E-state index contributed by atoms with van der Waals surface area (Å²) in [6.07, 6.45) is 0. The van der Waals surface area contributed by atoms with E-state index in [2.05, 4.69) is 25.8 Å². The van der Waals surface area contributed by atoms with Crippen molar-refractivity contribution in [1.82, 2.24) is 5.16 Å². The minimum absolute atomic E-state index is 0.394. The van der Waals surface area contributed by atoms with Crippen molar-refractivity contribution in [3.63, 3.8) is 0 Å². The second kappa shape index (κ2) is 4.02. The zero-order valence-electron chi connectivity index (χ0n) is 7.94. The Morgan fingerprint density at radius 3 is 3.00 bits per heavy atom. The number of hydrogen-bond acceptors (Lipinski definition) is 4. The molecule has 4 nitrogen and oxygen atoms in total. The Labute approximate surface area is 94.3 Å². The number of ether oxygens (including phenoxy) is 1. The zero-order chi connectivity index (χ0) is 10.8. The van der Waals surface area contributed by atoms with E-state index in [-0.39, 0.29) is 0 Å². The van der Waals surface area contributed by atoms with Gasteiger partial charge in [0.25, 0.3) is 0 Å². The molecule has 0 saturated heterocycles. The van der Waals surface area contributed by atoms with Gasteiger partial charge in [-0.05, 0) is 12.1 Å². The monoisotopic (exact) mass is 269 g/mol. The summed E-state index contributed by atoms with van der Waals surface area (Å²) in [7, 11) is 1.33. The molecule has 78 valence electrons. The number of rotatable bonds is 2. The molecule has 15 heavy (non-hydrogen) atoms. The average molecular weight is 270 g/mol. The van der Waals surface area contributed by atoms with Crippen LogP contribution < -0.4 is 0 Å². The van der Waals surface area contributed by atoms with E-state index >= 15 is 0 Å². The SMILES string of the molecule is COC(=O)C(Br)c1noc2ccccc12. The van der Waals surface area contributed by atoms with Crippen LogP contribution in [0.5, 0.6) is 0 Å². The van der Waals surface area contributed by atoms with Crippen molar-refractivity contribution in [2.45, 2.75) is 4.83 Å². The average Bonchev–Trinajstić information content (AvgIpc) is 2.70. The van der Waals surface area contributed by atoms with Gasteiger partial charge in [-0.3, -0.25) is 4.79 Å². The van der Waals surface area contributed by atoms with Gasteiger partial charge in [0, 0.05) is 5.39 Å². The van der Waals surface area contributed by atoms with Crippen LogP contribution in [0, 0.1) is 0 Å². The molecule has 5 heteroatoms. The number of carbonyl (C=O) groups is 1. The first-order valence-electron chi connectivity index (χ1n) is 4.30. The van der Waals surface area contributed by atoms with Crippen LogP contribution in [0.3, 0.4) is 0 Å². The summed E-state index contributed by atoms with van der Waals surface area (Å²) in [6.45, 7) is 0. The van der Waals surface area contributed by atoms with Gasteiger partial charge in [-0.1, -0.05) is 33.2 Å². The van der Waals surface area contributed by atoms with E-state index in [0.717, 1.165) is 5.39 Å². The van der Waals surface area contributed by atoms with Gasteiger partial charge in [-0.15, -0.1) is 0 Å². The van der Waals surface area contributed by atoms with Gasteiger partial charge in [0.2, 0.25) is 0 Å². The van der Waals surface area contributed by atoms with Crippen molar-refractivity contribution in [3.05, 3.63) is 30.0 Å². The van der Waals surface area contributed by atoms with Gasteiger partial charge in [-0.25, -0.2) is 0 Å². The number of carbonyl (C=O) groups excluding carboxylic acids is 1. The highest BCUT2D eigenvalue weighted by atomic mass is 79.9. The summed E-state index contributed by atoms with van der Waals surface area (Å²) in [5.74, 6) is -0.394. The van der Waals surface area contributed by atoms with Crippen LogP contribution in [0.2, 0.25) is 0 Å². The lowest BCUT2D eigenvalue weighted by Gasteiger charge is -2.03. The van der Waals surface area contributed by atoms with E-state index in [1.807, 2.05) is 18.2 Å². The van der Waals surface area contributed by atoms with Crippen LogP contribution in [-0.2, 0) is 9.53 Å². The molecule has 0 N–H and O–H groups in total. The Bertz CT molecular complexity index is 494. The predicted molar refractivity (Wildman–Crippen MR) is 57.7 cm³/mol. The van der Waals surface area contributed by atoms with Crippen LogP contribution in [-0.4, -0.2) is 18.2 Å². The number of fused-ring (bicyclic) bond motifs is 1. The molecule has 0 aliphatic carbocycles. The predicted octanol–water partition coefficient (Wildman–Crippen LogP) is 2.44. The van der Waals surface area contributed by atoms with E-state index in [1.54, 1.807) is 6.07 Å². The molecule has 0 aliphatic heterocycles. The molecule has 1 heterocycles. The van der Waals surface area contributed by atoms with Crippen molar-refractivity contribution >= 4 is 32.9 Å². The number of para-hydroxylation sites is 1. The molecule has 1 unspecified atom stereocenters. The number of esters is 1. The summed E-state index contributed by atoms with van der Waals surface area (Å²) in [4.78, 5) is 10.7. The highest BCUT2D eigenvalue weighted by Crippen LogP contribution is 2.29. The summed E-state index contributed by atoms with van der Waals surface area (Å²) < 4.78 is 9.69. The molecule has 0 radical (unpaired) electrons. The van der Waals surface area contributed by atoms with Crippen LogP contribution in [0.1, 0.15) is 10.5 Å². The normalized spacial score (nSPS) is 12.7. The molecule has 1 aromatic carbocycles. The number of methoxy groups -OCH3 is 1. The first-order chi connectivity index (χ1) is 7.24. The van der Waals surface area contributed by atoms with E-state index in [1.165, 1.54) is 7.11 Å². The maximum Gasteiger partial charge on any atom is 0.325 e. The van der Waals surface area contributed by atoms with Gasteiger partial charge in [-0.2, -0.15) is 0 Å². The standard InChI is InChI=1S/C10H8BrNO3/c1-14-10(13)8(11)9-6-4-2-3-5-7(6)15-12-9/h2-5,8H,1H3. The first kappa shape index (κ1) is 10.2. The quantitative estimate of drug-likeness (QED) is 0.621. The molecule has 0 aliphatic rings. The fraction of sp³-hybridized carbons (Fsp3) is 0.200. The highest BCUT2D eigenvalue weighted by molar-refractivity contribution is 9.09. The first-order valence-corrected chi connectivity index (χ1v) is 5.22. The van der Waals surface area contributed by atoms with Gasteiger partial charge in [0.05, 0.1) is 7.11 Å². The van der Waals surface area contributed by atoms with Crippen molar-refractivity contribution < 1.29 is 14.1 Å². The maximum atomic E-state index is 11.3. The third-order valence-electron chi connectivity index (χ3n) is 2.05. The summed E-state index contributed by atoms with van der Waals surface area (Å²) in [6, 6.07) is 7.35. The minimum Gasteiger partial charge on any atom is -0.468 e. The molecular formula is C10H8BrNO3. The lowest BCUT2D eigenvalue weighted by molar-refractivity contribution is -0.140. The molecule has 0 fully saturated rings. The highest BCUT2D eigenvalue weighted by Gasteiger charge is 2.23. The van der Waals surface area contributed by atoms with Gasteiger partial charge < -0.3 is 9.26 Å². The lowest BCUT2D eigenvalue weighted by atomic mass is 10.2. The number of nitrogens with zero attached hydrogens (tertiary/aromatic N) is 1. The molecule has 0 bridgehead atoms. The van der Waals surface area contributed by atoms with Crippen LogP contribution in [0.4, 0.5) is 0 Å². The van der Waals surface area contributed by atoms with Gasteiger partial charge in [0.15, 0.2) is 10.4 Å². The molecular weight excluding hydrogens is 262 g/mol. The molecule has 1 aromatic heterocycles. The molecule has 0 spiro atoms. The summed E-state index contributed by atoms with van der Waals surface area (Å²) in [5.41, 5.74) is 1.19. The summed E-state index contributed by atoms with van der Waals surface area (Å²) >= 11 is 3.21. The number of benzene rings is 1. The largest absolute Gasteiger partial charge is 0.468 e. The van der Waals surface area contributed by atoms with Crippen LogP contribution in [0.15, 0.2) is 28.8 Å². The summed E-state index contributed by atoms with van der Waals surface area (Å²) in [5, 5.41) is 4.65. The third kappa shape index (κ3) is 1.74. The van der Waals surface area contributed by atoms with Crippen molar-refractivity contribution in [3.8, 4) is 0 Å². The van der Waals surface area contributed by atoms with Crippen molar-refractivity contribution in [2.24, 2.45) is 0 Å². The van der Waals surface area contributed by atoms with Crippen molar-refractivity contribution in [2.75, 3.05) is 7.11 Å². The second-order valence-electron chi connectivity index (χ2n) is 2.95. The molecule has 0 amide bonds. The number of hydrogen-bond donors (Lipinski definition) is 0. The van der Waals surface area contributed by atoms with Gasteiger partial charge >= 0.3 is 5.97 Å². The molecule has 1 atom stereocenters. The Morgan fingerprint density at radius 2 is 2.27 bits per heavy atom. The zero-order valence-corrected chi connectivity index (χ0v) is 9.52. The number of alkyl halides is 1. The minimum atomic E-state index is -0.592. The van der Waals surface area contributed by atoms with E-state index < -0.39 is 10.8 Å². The van der Waals surface area contributed by atoms with Crippen molar-refractivity contribution in [1.29, 1.82) is 0 Å². The smallest absolute Gasteiger partial charge is 0.325 e.